The zero-order chi connectivity index (χ0) is 8.97. The maximum atomic E-state index is 5.64. The fourth-order valence-corrected chi connectivity index (χ4v) is 1.85. The highest BCUT2D eigenvalue weighted by atomic mass is 14.8. The zero-order valence-corrected chi connectivity index (χ0v) is 8.21. The Hall–Kier alpha value is -0.530. The molecule has 0 radical (unpaired) electrons. The summed E-state index contributed by atoms with van der Waals surface area (Å²) in [7, 11) is 0. The molecule has 0 saturated heterocycles. The van der Waals surface area contributed by atoms with E-state index in [2.05, 4.69) is 18.8 Å². The Morgan fingerprint density at radius 3 is 2.75 bits per heavy atom. The molecule has 0 amide bonds. The number of nitrogens with two attached hydrogens (primary N) is 1. The quantitative estimate of drug-likeness (QED) is 0.509. The molecule has 2 nitrogen and oxygen atoms in total. The fraction of sp³-hybridized carbons (Fsp3) is 0.900. The molecule has 1 aliphatic carbocycles. The van der Waals surface area contributed by atoms with Gasteiger partial charge in [-0.25, -0.2) is 0 Å². The Balaban J connectivity index is 2.24. The SMILES string of the molecule is CCC(N)=NCC1CCC(C)C1. The summed E-state index contributed by atoms with van der Waals surface area (Å²) in [5.74, 6) is 2.53. The summed E-state index contributed by atoms with van der Waals surface area (Å²) in [6, 6.07) is 0. The van der Waals surface area contributed by atoms with E-state index in [-0.39, 0.29) is 0 Å². The monoisotopic (exact) mass is 168 g/mol. The summed E-state index contributed by atoms with van der Waals surface area (Å²) in [6.07, 6.45) is 4.97. The van der Waals surface area contributed by atoms with Crippen molar-refractivity contribution in [3.05, 3.63) is 0 Å². The molecule has 0 bridgehead atoms. The molecule has 2 atom stereocenters. The van der Waals surface area contributed by atoms with Crippen LogP contribution < -0.4 is 5.73 Å². The molecule has 0 heterocycles. The van der Waals surface area contributed by atoms with Gasteiger partial charge in [-0.3, -0.25) is 4.99 Å². The van der Waals surface area contributed by atoms with Gasteiger partial charge >= 0.3 is 0 Å². The maximum Gasteiger partial charge on any atom is 0.0934 e. The van der Waals surface area contributed by atoms with Gasteiger partial charge in [0.1, 0.15) is 0 Å². The standard InChI is InChI=1S/C10H20N2/c1-3-10(11)12-7-9-5-4-8(2)6-9/h8-9H,3-7H2,1-2H3,(H2,11,12). The molecule has 70 valence electrons. The first-order chi connectivity index (χ1) is 5.72. The molecule has 1 aliphatic rings. The van der Waals surface area contributed by atoms with Crippen molar-refractivity contribution in [1.82, 2.24) is 0 Å². The van der Waals surface area contributed by atoms with Crippen molar-refractivity contribution in [3.8, 4) is 0 Å². The van der Waals surface area contributed by atoms with E-state index in [9.17, 15) is 0 Å². The van der Waals surface area contributed by atoms with Gasteiger partial charge in [-0.1, -0.05) is 20.3 Å². The number of hydrogen-bond donors (Lipinski definition) is 1. The van der Waals surface area contributed by atoms with Crippen LogP contribution in [0.2, 0.25) is 0 Å². The molecule has 0 spiro atoms. The van der Waals surface area contributed by atoms with Crippen molar-refractivity contribution < 1.29 is 0 Å². The zero-order valence-electron chi connectivity index (χ0n) is 8.21. The highest BCUT2D eigenvalue weighted by Gasteiger charge is 2.20. The molecule has 1 saturated carbocycles. The van der Waals surface area contributed by atoms with Crippen LogP contribution in [-0.2, 0) is 0 Å². The lowest BCUT2D eigenvalue weighted by Gasteiger charge is -2.05. The summed E-state index contributed by atoms with van der Waals surface area (Å²) in [4.78, 5) is 4.35. The number of amidine groups is 1. The fourth-order valence-electron chi connectivity index (χ4n) is 1.85. The third kappa shape index (κ3) is 2.84. The van der Waals surface area contributed by atoms with Crippen molar-refractivity contribution in [3.63, 3.8) is 0 Å². The molecule has 0 aromatic heterocycles. The van der Waals surface area contributed by atoms with Crippen LogP contribution >= 0.6 is 0 Å². The topological polar surface area (TPSA) is 38.4 Å². The average molecular weight is 168 g/mol. The van der Waals surface area contributed by atoms with Gasteiger partial charge in [0.05, 0.1) is 5.84 Å². The molecule has 0 aliphatic heterocycles. The van der Waals surface area contributed by atoms with Crippen LogP contribution in [0.15, 0.2) is 4.99 Å². The molecule has 2 N–H and O–H groups in total. The third-order valence-electron chi connectivity index (χ3n) is 2.72. The van der Waals surface area contributed by atoms with Crippen LogP contribution in [-0.4, -0.2) is 12.4 Å². The van der Waals surface area contributed by atoms with E-state index in [1.54, 1.807) is 0 Å². The Morgan fingerprint density at radius 2 is 2.25 bits per heavy atom. The molecule has 0 aromatic carbocycles. The second-order valence-electron chi connectivity index (χ2n) is 3.97. The van der Waals surface area contributed by atoms with Gasteiger partial charge < -0.3 is 5.73 Å². The molecule has 2 heteroatoms. The average Bonchev–Trinajstić information content (AvgIpc) is 2.47. The largest absolute Gasteiger partial charge is 0.387 e. The predicted octanol–water partition coefficient (Wildman–Crippen LogP) is 2.19. The lowest BCUT2D eigenvalue weighted by molar-refractivity contribution is 0.526. The number of rotatable bonds is 3. The van der Waals surface area contributed by atoms with Gasteiger partial charge in [-0.2, -0.15) is 0 Å². The first-order valence-electron chi connectivity index (χ1n) is 5.01. The van der Waals surface area contributed by atoms with Gasteiger partial charge in [0.15, 0.2) is 0 Å². The molecule has 1 rings (SSSR count). The normalized spacial score (nSPS) is 31.0. The molecule has 0 aromatic rings. The molecular weight excluding hydrogens is 148 g/mol. The van der Waals surface area contributed by atoms with Crippen molar-refractivity contribution in [2.45, 2.75) is 39.5 Å². The number of hydrogen-bond acceptors (Lipinski definition) is 1. The minimum Gasteiger partial charge on any atom is -0.387 e. The van der Waals surface area contributed by atoms with Crippen LogP contribution in [0.1, 0.15) is 39.5 Å². The summed E-state index contributed by atoms with van der Waals surface area (Å²) >= 11 is 0. The summed E-state index contributed by atoms with van der Waals surface area (Å²) in [5, 5.41) is 0. The Labute approximate surface area is 75.3 Å². The van der Waals surface area contributed by atoms with Crippen LogP contribution in [0.3, 0.4) is 0 Å². The minimum atomic E-state index is 0.810. The minimum absolute atomic E-state index is 0.810. The van der Waals surface area contributed by atoms with Crippen molar-refractivity contribution >= 4 is 5.84 Å². The molecular formula is C10H20N2. The van der Waals surface area contributed by atoms with Gasteiger partial charge in [-0.05, 0) is 24.7 Å². The van der Waals surface area contributed by atoms with Crippen LogP contribution in [0.5, 0.6) is 0 Å². The Morgan fingerprint density at radius 1 is 1.50 bits per heavy atom. The highest BCUT2D eigenvalue weighted by molar-refractivity contribution is 5.79. The predicted molar refractivity (Wildman–Crippen MR) is 53.3 cm³/mol. The maximum absolute atomic E-state index is 5.64. The van der Waals surface area contributed by atoms with Crippen LogP contribution in [0, 0.1) is 11.8 Å². The van der Waals surface area contributed by atoms with E-state index in [4.69, 9.17) is 5.73 Å². The van der Waals surface area contributed by atoms with Crippen LogP contribution in [0.4, 0.5) is 0 Å². The first-order valence-corrected chi connectivity index (χ1v) is 5.01. The van der Waals surface area contributed by atoms with Crippen LogP contribution in [0.25, 0.3) is 0 Å². The van der Waals surface area contributed by atoms with E-state index in [0.717, 1.165) is 30.6 Å². The van der Waals surface area contributed by atoms with Gasteiger partial charge in [0.2, 0.25) is 0 Å². The van der Waals surface area contributed by atoms with E-state index in [0.29, 0.717) is 0 Å². The molecule has 12 heavy (non-hydrogen) atoms. The van der Waals surface area contributed by atoms with Gasteiger partial charge in [0.25, 0.3) is 0 Å². The smallest absolute Gasteiger partial charge is 0.0934 e. The second-order valence-corrected chi connectivity index (χ2v) is 3.97. The Bertz CT molecular complexity index is 163. The summed E-state index contributed by atoms with van der Waals surface area (Å²) in [5.41, 5.74) is 5.64. The van der Waals surface area contributed by atoms with Crippen molar-refractivity contribution in [1.29, 1.82) is 0 Å². The molecule has 2 unspecified atom stereocenters. The van der Waals surface area contributed by atoms with E-state index >= 15 is 0 Å². The second kappa shape index (κ2) is 4.48. The lowest BCUT2D eigenvalue weighted by Crippen LogP contribution is -2.12. The summed E-state index contributed by atoms with van der Waals surface area (Å²) < 4.78 is 0. The van der Waals surface area contributed by atoms with Gasteiger partial charge in [-0.15, -0.1) is 0 Å². The summed E-state index contributed by atoms with van der Waals surface area (Å²) in [6.45, 7) is 5.34. The lowest BCUT2D eigenvalue weighted by atomic mass is 10.1. The Kier molecular flexibility index (Phi) is 3.57. The van der Waals surface area contributed by atoms with E-state index in [1.165, 1.54) is 19.3 Å². The highest BCUT2D eigenvalue weighted by Crippen LogP contribution is 2.30. The van der Waals surface area contributed by atoms with E-state index in [1.807, 2.05) is 0 Å². The van der Waals surface area contributed by atoms with E-state index < -0.39 is 0 Å². The number of aliphatic imine (C=N–C) groups is 1. The van der Waals surface area contributed by atoms with Crippen molar-refractivity contribution in [2.24, 2.45) is 22.6 Å². The van der Waals surface area contributed by atoms with Crippen molar-refractivity contribution in [2.75, 3.05) is 6.54 Å². The van der Waals surface area contributed by atoms with Gasteiger partial charge in [0, 0.05) is 13.0 Å². The first kappa shape index (κ1) is 9.56. The molecule has 1 fully saturated rings. The number of nitrogens with zero attached hydrogens (tertiary/aromatic N) is 1. The third-order valence-corrected chi connectivity index (χ3v) is 2.72.